The molecule has 0 spiro atoms. The molecule has 3 atom stereocenters. The minimum atomic E-state index is -1.25. The Kier molecular flexibility index (Phi) is 5.87. The third kappa shape index (κ3) is 3.43. The topological polar surface area (TPSA) is 91.4 Å². The standard InChI is InChI=1S/C28H29NO7/c1-17(30)35-25-21(33-3)11-10-19-14-23-28(36-26(32)18-8-6-5-7-9-18)16-22(34-4)20(31)15-27(28,24(19)25)12-13-29(23)2/h5-11,16,23H,12-15H2,1-4H3/t23-,27-,28-/m0/s1. The molecule has 1 heterocycles. The number of rotatable bonds is 5. The van der Waals surface area contributed by atoms with Crippen LogP contribution in [-0.2, 0) is 30.9 Å². The molecule has 2 aromatic carbocycles. The minimum Gasteiger partial charge on any atom is -0.493 e. The molecule has 0 saturated carbocycles. The van der Waals surface area contributed by atoms with Gasteiger partial charge in [-0.3, -0.25) is 14.5 Å². The Hall–Kier alpha value is -3.65. The Morgan fingerprint density at radius 2 is 1.81 bits per heavy atom. The van der Waals surface area contributed by atoms with E-state index in [1.807, 2.05) is 19.2 Å². The second-order valence-electron chi connectivity index (χ2n) is 9.62. The lowest BCUT2D eigenvalue weighted by atomic mass is 9.50. The van der Waals surface area contributed by atoms with Gasteiger partial charge in [0.25, 0.3) is 0 Å². The second-order valence-corrected chi connectivity index (χ2v) is 9.62. The molecule has 0 unspecified atom stereocenters. The Morgan fingerprint density at radius 3 is 2.47 bits per heavy atom. The van der Waals surface area contributed by atoms with Crippen molar-refractivity contribution in [3.8, 4) is 11.5 Å². The molecule has 8 heteroatoms. The lowest BCUT2D eigenvalue weighted by molar-refractivity contribution is -0.144. The molecule has 0 aromatic heterocycles. The number of Topliss-reactive ketones (excluding diaryl/α,β-unsaturated/α-hetero) is 1. The second kappa shape index (κ2) is 8.78. The normalized spacial score (nSPS) is 26.7. The summed E-state index contributed by atoms with van der Waals surface area (Å²) in [5, 5.41) is 0. The van der Waals surface area contributed by atoms with Crippen LogP contribution in [-0.4, -0.2) is 62.1 Å². The molecule has 3 aliphatic rings. The Morgan fingerprint density at radius 1 is 1.06 bits per heavy atom. The predicted molar refractivity (Wildman–Crippen MR) is 130 cm³/mol. The number of fused-ring (bicyclic) bond motifs is 1. The molecule has 5 rings (SSSR count). The van der Waals surface area contributed by atoms with E-state index in [2.05, 4.69) is 4.90 Å². The molecular formula is C28H29NO7. The van der Waals surface area contributed by atoms with Gasteiger partial charge in [-0.15, -0.1) is 0 Å². The average Bonchev–Trinajstić information content (AvgIpc) is 2.86. The van der Waals surface area contributed by atoms with Crippen molar-refractivity contribution in [3.05, 3.63) is 71.0 Å². The molecule has 1 saturated heterocycles. The number of nitrogens with zero attached hydrogens (tertiary/aromatic N) is 1. The lowest BCUT2D eigenvalue weighted by Crippen LogP contribution is -2.73. The number of likely N-dealkylation sites (tertiary alicyclic amines) is 1. The fourth-order valence-electron chi connectivity index (χ4n) is 6.25. The van der Waals surface area contributed by atoms with E-state index in [9.17, 15) is 14.4 Å². The molecule has 1 fully saturated rings. The van der Waals surface area contributed by atoms with Gasteiger partial charge in [0.05, 0.1) is 31.2 Å². The van der Waals surface area contributed by atoms with E-state index >= 15 is 0 Å². The lowest BCUT2D eigenvalue weighted by Gasteiger charge is -2.62. The largest absolute Gasteiger partial charge is 0.493 e. The first-order valence-corrected chi connectivity index (χ1v) is 11.9. The third-order valence-corrected chi connectivity index (χ3v) is 7.81. The highest BCUT2D eigenvalue weighted by molar-refractivity contribution is 5.98. The molecule has 2 bridgehead atoms. The zero-order valence-electron chi connectivity index (χ0n) is 20.8. The zero-order chi connectivity index (χ0) is 25.7. The number of hydrogen-bond acceptors (Lipinski definition) is 8. The van der Waals surface area contributed by atoms with Gasteiger partial charge in [-0.2, -0.15) is 0 Å². The number of likely N-dealkylation sites (N-methyl/N-ethyl adjacent to an activating group) is 1. The highest BCUT2D eigenvalue weighted by Crippen LogP contribution is 2.61. The molecule has 2 aromatic rings. The third-order valence-electron chi connectivity index (χ3n) is 7.81. The highest BCUT2D eigenvalue weighted by Gasteiger charge is 2.68. The van der Waals surface area contributed by atoms with Gasteiger partial charge in [0.1, 0.15) is 0 Å². The van der Waals surface area contributed by atoms with E-state index in [0.29, 0.717) is 36.3 Å². The van der Waals surface area contributed by atoms with Crippen molar-refractivity contribution >= 4 is 17.7 Å². The van der Waals surface area contributed by atoms with Gasteiger partial charge >= 0.3 is 11.9 Å². The van der Waals surface area contributed by atoms with Crippen molar-refractivity contribution in [1.29, 1.82) is 0 Å². The number of piperidine rings is 1. The quantitative estimate of drug-likeness (QED) is 0.465. The number of ether oxygens (including phenoxy) is 4. The maximum absolute atomic E-state index is 13.6. The van der Waals surface area contributed by atoms with Gasteiger partial charge in [0, 0.05) is 25.0 Å². The van der Waals surface area contributed by atoms with Crippen molar-refractivity contribution in [2.45, 2.75) is 43.2 Å². The number of allylic oxidation sites excluding steroid dienone is 1. The highest BCUT2D eigenvalue weighted by atomic mass is 16.6. The molecular weight excluding hydrogens is 462 g/mol. The molecule has 0 N–H and O–H groups in total. The SMILES string of the molecule is COC1=C[C@]2(OC(=O)c3ccccc3)[C@@H]3Cc4ccc(OC)c(OC(C)=O)c4[C@]2(CCN3C)CC1=O. The molecule has 0 amide bonds. The fraction of sp³-hybridized carbons (Fsp3) is 0.393. The van der Waals surface area contributed by atoms with Gasteiger partial charge in [0.2, 0.25) is 0 Å². The van der Waals surface area contributed by atoms with Crippen LogP contribution < -0.4 is 9.47 Å². The van der Waals surface area contributed by atoms with E-state index in [0.717, 1.165) is 5.56 Å². The number of hydrogen-bond donors (Lipinski definition) is 0. The molecule has 36 heavy (non-hydrogen) atoms. The maximum atomic E-state index is 13.6. The van der Waals surface area contributed by atoms with Crippen molar-refractivity contribution in [2.75, 3.05) is 27.8 Å². The van der Waals surface area contributed by atoms with Gasteiger partial charge in [0.15, 0.2) is 28.6 Å². The first-order chi connectivity index (χ1) is 17.3. The number of carbonyl (C=O) groups excluding carboxylic acids is 3. The number of esters is 2. The van der Waals surface area contributed by atoms with Crippen molar-refractivity contribution in [3.63, 3.8) is 0 Å². The Bertz CT molecular complexity index is 1270. The smallest absolute Gasteiger partial charge is 0.339 e. The average molecular weight is 492 g/mol. The van der Waals surface area contributed by atoms with Crippen molar-refractivity contribution in [1.82, 2.24) is 4.90 Å². The van der Waals surface area contributed by atoms with Crippen molar-refractivity contribution in [2.24, 2.45) is 0 Å². The zero-order valence-corrected chi connectivity index (χ0v) is 20.8. The van der Waals surface area contributed by atoms with Gasteiger partial charge < -0.3 is 18.9 Å². The summed E-state index contributed by atoms with van der Waals surface area (Å²) in [6, 6.07) is 12.2. The van der Waals surface area contributed by atoms with E-state index in [-0.39, 0.29) is 29.8 Å². The molecule has 2 aliphatic carbocycles. The summed E-state index contributed by atoms with van der Waals surface area (Å²) in [4.78, 5) is 41.3. The van der Waals surface area contributed by atoms with Gasteiger partial charge in [-0.1, -0.05) is 24.3 Å². The van der Waals surface area contributed by atoms with Gasteiger partial charge in [-0.25, -0.2) is 4.79 Å². The predicted octanol–water partition coefficient (Wildman–Crippen LogP) is 3.22. The molecule has 188 valence electrons. The molecule has 1 aliphatic heterocycles. The Labute approximate surface area is 209 Å². The number of carbonyl (C=O) groups is 3. The van der Waals surface area contributed by atoms with Crippen LogP contribution in [0.3, 0.4) is 0 Å². The van der Waals surface area contributed by atoms with Crippen LogP contribution in [0.25, 0.3) is 0 Å². The summed E-state index contributed by atoms with van der Waals surface area (Å²) in [6.07, 6.45) is 2.72. The van der Waals surface area contributed by atoms with Crippen LogP contribution in [0, 0.1) is 0 Å². The summed E-state index contributed by atoms with van der Waals surface area (Å²) in [5.74, 6) is -0.388. The van der Waals surface area contributed by atoms with Crippen LogP contribution in [0.5, 0.6) is 11.5 Å². The molecule has 8 nitrogen and oxygen atoms in total. The summed E-state index contributed by atoms with van der Waals surface area (Å²) in [6.45, 7) is 1.99. The van der Waals surface area contributed by atoms with Crippen LogP contribution in [0.4, 0.5) is 0 Å². The summed E-state index contributed by atoms with van der Waals surface area (Å²) < 4.78 is 23.3. The summed E-state index contributed by atoms with van der Waals surface area (Å²) in [5.41, 5.74) is -0.219. The first-order valence-electron chi connectivity index (χ1n) is 11.9. The van der Waals surface area contributed by atoms with Crippen molar-refractivity contribution < 1.29 is 33.3 Å². The minimum absolute atomic E-state index is 0.0352. The van der Waals surface area contributed by atoms with Crippen LogP contribution in [0.2, 0.25) is 0 Å². The number of methoxy groups -OCH3 is 2. The number of benzene rings is 2. The van der Waals surface area contributed by atoms with E-state index < -0.39 is 23.0 Å². The van der Waals surface area contributed by atoms with E-state index in [4.69, 9.17) is 18.9 Å². The number of ketones is 1. The Balaban J connectivity index is 1.81. The monoisotopic (exact) mass is 491 g/mol. The van der Waals surface area contributed by atoms with E-state index in [1.165, 1.54) is 21.1 Å². The maximum Gasteiger partial charge on any atom is 0.339 e. The van der Waals surface area contributed by atoms with Crippen LogP contribution in [0.15, 0.2) is 54.3 Å². The first kappa shape index (κ1) is 24.1. The van der Waals surface area contributed by atoms with Gasteiger partial charge in [-0.05, 0) is 50.2 Å². The summed E-state index contributed by atoms with van der Waals surface area (Å²) in [7, 11) is 4.94. The fourth-order valence-corrected chi connectivity index (χ4v) is 6.25. The summed E-state index contributed by atoms with van der Waals surface area (Å²) >= 11 is 0. The van der Waals surface area contributed by atoms with E-state index in [1.54, 1.807) is 36.4 Å². The van der Waals surface area contributed by atoms with Crippen LogP contribution >= 0.6 is 0 Å². The van der Waals surface area contributed by atoms with Crippen LogP contribution in [0.1, 0.15) is 41.3 Å². The molecule has 0 radical (unpaired) electrons.